The molecular weight excluding hydrogens is 314 g/mol. The lowest BCUT2D eigenvalue weighted by molar-refractivity contribution is -0.122. The lowest BCUT2D eigenvalue weighted by Crippen LogP contribution is -2.34. The van der Waals surface area contributed by atoms with Gasteiger partial charge in [-0.3, -0.25) is 9.59 Å². The summed E-state index contributed by atoms with van der Waals surface area (Å²) in [6.07, 6.45) is 8.43. The molecule has 1 saturated carbocycles. The summed E-state index contributed by atoms with van der Waals surface area (Å²) in [7, 11) is 0. The summed E-state index contributed by atoms with van der Waals surface area (Å²) in [6.45, 7) is 1.74. The van der Waals surface area contributed by atoms with E-state index in [-0.39, 0.29) is 23.8 Å². The van der Waals surface area contributed by atoms with Crippen LogP contribution in [0.4, 0.5) is 5.69 Å². The van der Waals surface area contributed by atoms with Crippen molar-refractivity contribution >= 4 is 17.5 Å². The molecule has 2 atom stereocenters. The molecule has 1 saturated heterocycles. The van der Waals surface area contributed by atoms with Crippen molar-refractivity contribution < 1.29 is 9.59 Å². The molecule has 5 nitrogen and oxygen atoms in total. The fourth-order valence-corrected chi connectivity index (χ4v) is 3.98. The number of nitrogens with zero attached hydrogens (tertiary/aromatic N) is 1. The van der Waals surface area contributed by atoms with Crippen LogP contribution in [0.25, 0.3) is 0 Å². The molecule has 0 bridgehead atoms. The van der Waals surface area contributed by atoms with Gasteiger partial charge >= 0.3 is 0 Å². The Bertz CT molecular complexity index is 591. The lowest BCUT2D eigenvalue weighted by Gasteiger charge is -2.28. The van der Waals surface area contributed by atoms with Crippen LogP contribution in [-0.2, 0) is 4.79 Å². The molecule has 2 aliphatic rings. The van der Waals surface area contributed by atoms with Crippen LogP contribution in [0.15, 0.2) is 24.3 Å². The van der Waals surface area contributed by atoms with Gasteiger partial charge in [0.25, 0.3) is 5.91 Å². The molecule has 0 radical (unpaired) electrons. The van der Waals surface area contributed by atoms with E-state index in [0.717, 1.165) is 62.9 Å². The van der Waals surface area contributed by atoms with Crippen molar-refractivity contribution in [1.82, 2.24) is 4.90 Å². The van der Waals surface area contributed by atoms with E-state index in [9.17, 15) is 9.59 Å². The van der Waals surface area contributed by atoms with E-state index in [4.69, 9.17) is 5.73 Å². The minimum absolute atomic E-state index is 0.0184. The standard InChI is InChI=1S/C20H29N3O2/c21-19(24)16-6-5-7-18(14-16)22-17-10-8-15(9-11-17)20(25)23-12-3-1-2-4-13-23/h8-11,16,18,22H,1-7,12-14H2,(H2,21,24). The topological polar surface area (TPSA) is 75.4 Å². The molecule has 1 aromatic carbocycles. The SMILES string of the molecule is NC(=O)C1CCCC(Nc2ccc(C(=O)N3CCCCCC3)cc2)C1. The Kier molecular flexibility index (Phi) is 5.95. The van der Waals surface area contributed by atoms with E-state index in [2.05, 4.69) is 5.32 Å². The van der Waals surface area contributed by atoms with Crippen molar-refractivity contribution in [2.24, 2.45) is 11.7 Å². The number of amides is 2. The van der Waals surface area contributed by atoms with Gasteiger partial charge in [-0.1, -0.05) is 19.3 Å². The summed E-state index contributed by atoms with van der Waals surface area (Å²) < 4.78 is 0. The first kappa shape index (κ1) is 17.8. The molecule has 0 aromatic heterocycles. The highest BCUT2D eigenvalue weighted by atomic mass is 16.2. The third kappa shape index (κ3) is 4.74. The van der Waals surface area contributed by atoms with Gasteiger partial charge in [-0.2, -0.15) is 0 Å². The summed E-state index contributed by atoms with van der Waals surface area (Å²) >= 11 is 0. The van der Waals surface area contributed by atoms with E-state index in [1.807, 2.05) is 29.2 Å². The van der Waals surface area contributed by atoms with Crippen LogP contribution in [-0.4, -0.2) is 35.8 Å². The summed E-state index contributed by atoms with van der Waals surface area (Å²) in [4.78, 5) is 26.0. The van der Waals surface area contributed by atoms with Gasteiger partial charge in [-0.05, 0) is 56.4 Å². The van der Waals surface area contributed by atoms with Crippen LogP contribution < -0.4 is 11.1 Å². The van der Waals surface area contributed by atoms with E-state index in [1.54, 1.807) is 0 Å². The number of rotatable bonds is 4. The van der Waals surface area contributed by atoms with Gasteiger partial charge in [0.2, 0.25) is 5.91 Å². The highest BCUT2D eigenvalue weighted by molar-refractivity contribution is 5.94. The molecule has 0 spiro atoms. The first-order chi connectivity index (χ1) is 12.1. The molecule has 25 heavy (non-hydrogen) atoms. The van der Waals surface area contributed by atoms with E-state index >= 15 is 0 Å². The number of hydrogen-bond donors (Lipinski definition) is 2. The maximum Gasteiger partial charge on any atom is 0.253 e. The van der Waals surface area contributed by atoms with Crippen LogP contribution in [0, 0.1) is 5.92 Å². The van der Waals surface area contributed by atoms with Crippen molar-refractivity contribution in [2.45, 2.75) is 57.4 Å². The number of carbonyl (C=O) groups excluding carboxylic acids is 2. The molecule has 1 heterocycles. The third-order valence-corrected chi connectivity index (χ3v) is 5.47. The van der Waals surface area contributed by atoms with Crippen LogP contribution in [0.2, 0.25) is 0 Å². The van der Waals surface area contributed by atoms with E-state index in [1.165, 1.54) is 12.8 Å². The molecule has 2 fully saturated rings. The fraction of sp³-hybridized carbons (Fsp3) is 0.600. The maximum atomic E-state index is 12.6. The first-order valence-electron chi connectivity index (χ1n) is 9.58. The number of anilines is 1. The molecular formula is C20H29N3O2. The summed E-state index contributed by atoms with van der Waals surface area (Å²) in [5.74, 6) is -0.0695. The highest BCUT2D eigenvalue weighted by Gasteiger charge is 2.25. The molecule has 1 aliphatic carbocycles. The molecule has 1 aliphatic heterocycles. The molecule has 1 aromatic rings. The quantitative estimate of drug-likeness (QED) is 0.882. The zero-order chi connectivity index (χ0) is 17.6. The molecule has 3 rings (SSSR count). The van der Waals surface area contributed by atoms with Crippen LogP contribution >= 0.6 is 0 Å². The average molecular weight is 343 g/mol. The zero-order valence-electron chi connectivity index (χ0n) is 14.9. The lowest BCUT2D eigenvalue weighted by atomic mass is 9.85. The average Bonchev–Trinajstić information content (AvgIpc) is 2.91. The Morgan fingerprint density at radius 2 is 1.64 bits per heavy atom. The van der Waals surface area contributed by atoms with Crippen molar-refractivity contribution in [3.05, 3.63) is 29.8 Å². The summed E-state index contributed by atoms with van der Waals surface area (Å²) in [6, 6.07) is 8.03. The van der Waals surface area contributed by atoms with Crippen molar-refractivity contribution in [3.63, 3.8) is 0 Å². The third-order valence-electron chi connectivity index (χ3n) is 5.47. The zero-order valence-corrected chi connectivity index (χ0v) is 14.9. The number of primary amides is 1. The summed E-state index contributed by atoms with van der Waals surface area (Å²) in [5, 5.41) is 3.49. The Morgan fingerprint density at radius 3 is 2.28 bits per heavy atom. The molecule has 5 heteroatoms. The monoisotopic (exact) mass is 343 g/mol. The van der Waals surface area contributed by atoms with Crippen molar-refractivity contribution in [3.8, 4) is 0 Å². The number of nitrogens with two attached hydrogens (primary N) is 1. The largest absolute Gasteiger partial charge is 0.382 e. The van der Waals surface area contributed by atoms with E-state index < -0.39 is 0 Å². The minimum Gasteiger partial charge on any atom is -0.382 e. The maximum absolute atomic E-state index is 12.6. The molecule has 136 valence electrons. The predicted molar refractivity (Wildman–Crippen MR) is 99.4 cm³/mol. The fourth-order valence-electron chi connectivity index (χ4n) is 3.98. The second-order valence-corrected chi connectivity index (χ2v) is 7.39. The Hall–Kier alpha value is -2.04. The van der Waals surface area contributed by atoms with Crippen molar-refractivity contribution in [1.29, 1.82) is 0 Å². The number of benzene rings is 1. The second-order valence-electron chi connectivity index (χ2n) is 7.39. The van der Waals surface area contributed by atoms with Gasteiger partial charge in [0.1, 0.15) is 0 Å². The normalized spacial score (nSPS) is 24.4. The number of hydrogen-bond acceptors (Lipinski definition) is 3. The molecule has 3 N–H and O–H groups in total. The predicted octanol–water partition coefficient (Wildman–Crippen LogP) is 3.16. The van der Waals surface area contributed by atoms with Crippen LogP contribution in [0.1, 0.15) is 61.7 Å². The highest BCUT2D eigenvalue weighted by Crippen LogP contribution is 2.26. The molecule has 2 amide bonds. The van der Waals surface area contributed by atoms with Crippen molar-refractivity contribution in [2.75, 3.05) is 18.4 Å². The minimum atomic E-state index is -0.190. The Labute approximate surface area is 150 Å². The summed E-state index contributed by atoms with van der Waals surface area (Å²) in [5.41, 5.74) is 7.21. The number of nitrogens with one attached hydrogen (secondary N) is 1. The van der Waals surface area contributed by atoms with Gasteiger partial charge in [-0.25, -0.2) is 0 Å². The van der Waals surface area contributed by atoms with Crippen LogP contribution in [0.5, 0.6) is 0 Å². The van der Waals surface area contributed by atoms with Gasteiger partial charge in [0, 0.05) is 36.3 Å². The number of likely N-dealkylation sites (tertiary alicyclic amines) is 1. The van der Waals surface area contributed by atoms with Crippen LogP contribution in [0.3, 0.4) is 0 Å². The Morgan fingerprint density at radius 1 is 0.960 bits per heavy atom. The smallest absolute Gasteiger partial charge is 0.253 e. The van der Waals surface area contributed by atoms with Gasteiger partial charge in [0.05, 0.1) is 0 Å². The second kappa shape index (κ2) is 8.37. The Balaban J connectivity index is 1.58. The molecule has 2 unspecified atom stereocenters. The van der Waals surface area contributed by atoms with E-state index in [0.29, 0.717) is 0 Å². The van der Waals surface area contributed by atoms with Gasteiger partial charge in [0.15, 0.2) is 0 Å². The first-order valence-corrected chi connectivity index (χ1v) is 9.58. The van der Waals surface area contributed by atoms with Gasteiger partial charge < -0.3 is 16.0 Å². The van der Waals surface area contributed by atoms with Gasteiger partial charge in [-0.15, -0.1) is 0 Å². The number of carbonyl (C=O) groups is 2.